The van der Waals surface area contributed by atoms with Gasteiger partial charge < -0.3 is 0 Å². The molecule has 0 radical (unpaired) electrons. The maximum Gasteiger partial charge on any atom is 0.257 e. The van der Waals surface area contributed by atoms with Crippen molar-refractivity contribution in [3.05, 3.63) is 18.2 Å². The Kier molecular flexibility index (Phi) is 28.3. The molecule has 1 rings (SSSR count). The molecule has 0 saturated heterocycles. The molecule has 1 aromatic heterocycles. The summed E-state index contributed by atoms with van der Waals surface area (Å²) < 4.78 is 2.63. The van der Waals surface area contributed by atoms with E-state index in [-0.39, 0.29) is 0 Å². The van der Waals surface area contributed by atoms with E-state index in [4.69, 9.17) is 0 Å². The highest BCUT2D eigenvalue weighted by atomic mass is 15.1. The van der Waals surface area contributed by atoms with Gasteiger partial charge in [-0.25, -0.2) is 9.55 Å². The summed E-state index contributed by atoms with van der Waals surface area (Å²) in [4.78, 5) is 3.75. The first-order valence-electron chi connectivity index (χ1n) is 19.8. The van der Waals surface area contributed by atoms with Gasteiger partial charge in [0.05, 0.1) is 12.0 Å². The summed E-state index contributed by atoms with van der Waals surface area (Å²) in [5.41, 5.74) is 0. The van der Waals surface area contributed by atoms with E-state index in [9.17, 15) is 0 Å². The third kappa shape index (κ3) is 21.8. The van der Waals surface area contributed by atoms with Gasteiger partial charge in [-0.2, -0.15) is 0 Å². The average Bonchev–Trinajstić information content (AvgIpc) is 3.49. The second-order valence-corrected chi connectivity index (χ2v) is 14.0. The van der Waals surface area contributed by atoms with E-state index in [1.807, 2.05) is 0 Å². The maximum absolute atomic E-state index is 3.75. The van der Waals surface area contributed by atoms with Gasteiger partial charge in [0.25, 0.3) is 5.82 Å². The molecule has 0 saturated carbocycles. The zero-order chi connectivity index (χ0) is 30.4. The average molecular weight is 588 g/mol. The molecule has 0 bridgehead atoms. The molecule has 42 heavy (non-hydrogen) atoms. The molecule has 2 heteroatoms. The molecule has 0 aromatic carbocycles. The van der Waals surface area contributed by atoms with Crippen LogP contribution in [0.4, 0.5) is 0 Å². The topological polar surface area (TPSA) is 19.7 Å². The molecule has 0 aliphatic carbocycles. The lowest BCUT2D eigenvalue weighted by atomic mass is 9.92. The highest BCUT2D eigenvalue weighted by Crippen LogP contribution is 2.27. The Morgan fingerprint density at radius 1 is 0.452 bits per heavy atom. The highest BCUT2D eigenvalue weighted by Gasteiger charge is 2.25. The van der Waals surface area contributed by atoms with Gasteiger partial charge >= 0.3 is 0 Å². The number of rotatable bonds is 33. The van der Waals surface area contributed by atoms with Crippen molar-refractivity contribution < 1.29 is 4.57 Å². The van der Waals surface area contributed by atoms with Crippen molar-refractivity contribution in [3.63, 3.8) is 0 Å². The quantitative estimate of drug-likeness (QED) is 0.0623. The van der Waals surface area contributed by atoms with E-state index >= 15 is 0 Å². The second-order valence-electron chi connectivity index (χ2n) is 14.0. The zero-order valence-corrected chi connectivity index (χ0v) is 29.7. The van der Waals surface area contributed by atoms with Gasteiger partial charge in [-0.1, -0.05) is 194 Å². The van der Waals surface area contributed by atoms with Gasteiger partial charge in [-0.15, -0.1) is 0 Å². The molecule has 2 atom stereocenters. The Bertz CT molecular complexity index is 650. The van der Waals surface area contributed by atoms with Crippen LogP contribution in [0.25, 0.3) is 0 Å². The molecule has 0 spiro atoms. The second kappa shape index (κ2) is 30.2. The minimum Gasteiger partial charge on any atom is -0.247 e. The zero-order valence-electron chi connectivity index (χ0n) is 29.7. The van der Waals surface area contributed by atoms with Crippen molar-refractivity contribution in [2.75, 3.05) is 0 Å². The first kappa shape index (κ1) is 39.2. The Hall–Kier alpha value is -0.790. The summed E-state index contributed by atoms with van der Waals surface area (Å²) in [6.07, 6.45) is 48.7. The number of imidazole rings is 1. The normalized spacial score (nSPS) is 13.1. The van der Waals surface area contributed by atoms with Crippen LogP contribution >= 0.6 is 0 Å². The van der Waals surface area contributed by atoms with Gasteiger partial charge in [0, 0.05) is 0 Å². The van der Waals surface area contributed by atoms with Crippen molar-refractivity contribution in [3.8, 4) is 0 Å². The van der Waals surface area contributed by atoms with Crippen LogP contribution in [0.3, 0.4) is 0 Å². The van der Waals surface area contributed by atoms with Crippen LogP contribution in [0, 0.1) is 0 Å². The van der Waals surface area contributed by atoms with E-state index in [0.717, 1.165) is 0 Å². The van der Waals surface area contributed by atoms with E-state index in [0.29, 0.717) is 12.0 Å². The lowest BCUT2D eigenvalue weighted by molar-refractivity contribution is -0.727. The lowest BCUT2D eigenvalue weighted by Crippen LogP contribution is -2.41. The standard InChI is InChI=1S/C40H78N2/c1-5-8-11-14-17-19-20-21-22-23-26-29-32-35-39(34-31-28-25-18-15-12-9-6-2)40-41-36-37-42(40)38(4)33-30-27-24-16-13-10-7-3/h36-39H,5-35H2,1-4H3/p+1. The lowest BCUT2D eigenvalue weighted by Gasteiger charge is -2.17. The molecule has 248 valence electrons. The molecule has 2 nitrogen and oxygen atoms in total. The Balaban J connectivity index is 2.40. The summed E-state index contributed by atoms with van der Waals surface area (Å²) in [6, 6.07) is 0.620. The number of aromatic amines is 1. The van der Waals surface area contributed by atoms with E-state index in [1.165, 1.54) is 205 Å². The molecule has 0 aliphatic rings. The largest absolute Gasteiger partial charge is 0.257 e. The summed E-state index contributed by atoms with van der Waals surface area (Å²) in [7, 11) is 0. The summed E-state index contributed by atoms with van der Waals surface area (Å²) in [5, 5.41) is 0. The maximum atomic E-state index is 3.75. The summed E-state index contributed by atoms with van der Waals surface area (Å²) in [5.74, 6) is 2.25. The molecular weight excluding hydrogens is 508 g/mol. The molecule has 0 fully saturated rings. The minimum atomic E-state index is 0.620. The number of hydrogen-bond acceptors (Lipinski definition) is 0. The number of unbranched alkanes of at least 4 members (excludes halogenated alkanes) is 25. The number of nitrogens with zero attached hydrogens (tertiary/aromatic N) is 1. The van der Waals surface area contributed by atoms with Crippen LogP contribution < -0.4 is 4.57 Å². The van der Waals surface area contributed by atoms with Gasteiger partial charge in [0.15, 0.2) is 0 Å². The smallest absolute Gasteiger partial charge is 0.247 e. The summed E-state index contributed by atoms with van der Waals surface area (Å²) in [6.45, 7) is 9.41. The van der Waals surface area contributed by atoms with Gasteiger partial charge in [0.1, 0.15) is 12.4 Å². The predicted octanol–water partition coefficient (Wildman–Crippen LogP) is 14.1. The Labute approximate surface area is 266 Å². The molecule has 0 aliphatic heterocycles. The molecule has 1 aromatic rings. The SMILES string of the molecule is CCCCCCCCCCCCCCCC(CCCCCCCCCC)c1[nH]cc[n+]1C(C)CCCCCCCCC. The fourth-order valence-electron chi connectivity index (χ4n) is 6.96. The molecule has 1 N–H and O–H groups in total. The number of H-pyrrole nitrogens is 1. The van der Waals surface area contributed by atoms with Gasteiger partial charge in [0.2, 0.25) is 0 Å². The van der Waals surface area contributed by atoms with E-state index < -0.39 is 0 Å². The first-order chi connectivity index (χ1) is 20.7. The fraction of sp³-hybridized carbons (Fsp3) is 0.925. The van der Waals surface area contributed by atoms with E-state index in [1.54, 1.807) is 0 Å². The third-order valence-corrected chi connectivity index (χ3v) is 9.89. The molecule has 0 amide bonds. The summed E-state index contributed by atoms with van der Waals surface area (Å²) >= 11 is 0. The molecule has 1 heterocycles. The first-order valence-corrected chi connectivity index (χ1v) is 19.8. The number of nitrogens with one attached hydrogen (secondary N) is 1. The Morgan fingerprint density at radius 3 is 1.12 bits per heavy atom. The van der Waals surface area contributed by atoms with Crippen molar-refractivity contribution in [1.29, 1.82) is 0 Å². The van der Waals surface area contributed by atoms with Gasteiger partial charge in [-0.3, -0.25) is 0 Å². The van der Waals surface area contributed by atoms with Crippen LogP contribution in [0.5, 0.6) is 0 Å². The van der Waals surface area contributed by atoms with Crippen molar-refractivity contribution in [2.24, 2.45) is 0 Å². The van der Waals surface area contributed by atoms with Crippen LogP contribution in [-0.2, 0) is 0 Å². The van der Waals surface area contributed by atoms with Crippen molar-refractivity contribution in [2.45, 2.75) is 239 Å². The molecule has 2 unspecified atom stereocenters. The van der Waals surface area contributed by atoms with Crippen LogP contribution in [0.1, 0.15) is 245 Å². The monoisotopic (exact) mass is 588 g/mol. The fourth-order valence-corrected chi connectivity index (χ4v) is 6.96. The number of hydrogen-bond donors (Lipinski definition) is 1. The van der Waals surface area contributed by atoms with Crippen molar-refractivity contribution >= 4 is 0 Å². The van der Waals surface area contributed by atoms with Crippen molar-refractivity contribution in [1.82, 2.24) is 4.98 Å². The predicted molar refractivity (Wildman–Crippen MR) is 189 cm³/mol. The highest BCUT2D eigenvalue weighted by molar-refractivity contribution is 4.90. The number of aromatic nitrogens is 2. The Morgan fingerprint density at radius 2 is 0.762 bits per heavy atom. The van der Waals surface area contributed by atoms with Gasteiger partial charge in [-0.05, 0) is 32.6 Å². The van der Waals surface area contributed by atoms with E-state index in [2.05, 4.69) is 49.6 Å². The third-order valence-electron chi connectivity index (χ3n) is 9.89. The molecular formula is C40H79N2+. The minimum absolute atomic E-state index is 0.620. The van der Waals surface area contributed by atoms with Crippen LogP contribution in [-0.4, -0.2) is 4.98 Å². The van der Waals surface area contributed by atoms with Crippen LogP contribution in [0.15, 0.2) is 12.4 Å². The van der Waals surface area contributed by atoms with Crippen LogP contribution in [0.2, 0.25) is 0 Å².